The SMILES string of the molecule is CC1(C)N=Nc2cc(CN([C@H]3CCCCNO3)S(=O)(=O)c3ccc(Cl)cc3)ccc21. The van der Waals surface area contributed by atoms with E-state index < -0.39 is 16.3 Å². The third-order valence-corrected chi connectivity index (χ3v) is 7.51. The van der Waals surface area contributed by atoms with Crippen molar-refractivity contribution < 1.29 is 13.3 Å². The lowest BCUT2D eigenvalue weighted by molar-refractivity contribution is -0.0761. The summed E-state index contributed by atoms with van der Waals surface area (Å²) in [5.74, 6) is 0. The maximum atomic E-state index is 13.5. The lowest BCUT2D eigenvalue weighted by atomic mass is 9.94. The van der Waals surface area contributed by atoms with E-state index in [1.165, 1.54) is 16.4 Å². The smallest absolute Gasteiger partial charge is 0.245 e. The Morgan fingerprint density at radius 2 is 1.97 bits per heavy atom. The summed E-state index contributed by atoms with van der Waals surface area (Å²) >= 11 is 5.96. The zero-order valence-electron chi connectivity index (χ0n) is 17.0. The molecule has 0 amide bonds. The topological polar surface area (TPSA) is 83.4 Å². The predicted molar refractivity (Wildman–Crippen MR) is 115 cm³/mol. The third kappa shape index (κ3) is 4.29. The van der Waals surface area contributed by atoms with Crippen molar-refractivity contribution in [3.63, 3.8) is 0 Å². The van der Waals surface area contributed by atoms with E-state index in [0.29, 0.717) is 18.0 Å². The Balaban J connectivity index is 1.69. The van der Waals surface area contributed by atoms with Gasteiger partial charge in [0.15, 0.2) is 0 Å². The van der Waals surface area contributed by atoms with Crippen LogP contribution in [0.4, 0.5) is 5.69 Å². The number of benzene rings is 2. The second-order valence-corrected chi connectivity index (χ2v) is 10.4. The molecule has 1 saturated heterocycles. The van der Waals surface area contributed by atoms with E-state index >= 15 is 0 Å². The molecule has 2 aliphatic rings. The Morgan fingerprint density at radius 1 is 1.20 bits per heavy atom. The van der Waals surface area contributed by atoms with Gasteiger partial charge in [-0.2, -0.15) is 14.5 Å². The molecule has 0 unspecified atom stereocenters. The number of azo groups is 1. The van der Waals surface area contributed by atoms with Crippen molar-refractivity contribution in [3.8, 4) is 0 Å². The first-order valence-corrected chi connectivity index (χ1v) is 11.8. The van der Waals surface area contributed by atoms with Gasteiger partial charge in [0.2, 0.25) is 10.0 Å². The lowest BCUT2D eigenvalue weighted by Gasteiger charge is -2.29. The number of rotatable bonds is 5. The van der Waals surface area contributed by atoms with E-state index in [-0.39, 0.29) is 17.0 Å². The summed E-state index contributed by atoms with van der Waals surface area (Å²) in [5, 5.41) is 9.07. The van der Waals surface area contributed by atoms with Gasteiger partial charge in [-0.15, -0.1) is 0 Å². The Hall–Kier alpha value is -1.84. The Labute approximate surface area is 182 Å². The van der Waals surface area contributed by atoms with Crippen molar-refractivity contribution in [2.45, 2.75) is 56.3 Å². The molecule has 4 rings (SSSR count). The second-order valence-electron chi connectivity index (χ2n) is 8.08. The third-order valence-electron chi connectivity index (χ3n) is 5.41. The van der Waals surface area contributed by atoms with Crippen LogP contribution in [0.2, 0.25) is 5.02 Å². The van der Waals surface area contributed by atoms with Gasteiger partial charge in [-0.25, -0.2) is 13.9 Å². The van der Waals surface area contributed by atoms with E-state index in [1.807, 2.05) is 32.0 Å². The van der Waals surface area contributed by atoms with Crippen LogP contribution in [-0.4, -0.2) is 25.5 Å². The van der Waals surface area contributed by atoms with E-state index in [0.717, 1.165) is 29.7 Å². The molecule has 1 N–H and O–H groups in total. The number of hydrogen-bond donors (Lipinski definition) is 1. The van der Waals surface area contributed by atoms with Gasteiger partial charge in [0.1, 0.15) is 11.8 Å². The average Bonchev–Trinajstić information content (AvgIpc) is 2.88. The summed E-state index contributed by atoms with van der Waals surface area (Å²) < 4.78 is 28.5. The summed E-state index contributed by atoms with van der Waals surface area (Å²) in [6.45, 7) is 4.87. The monoisotopic (exact) mass is 448 g/mol. The number of hydrogen-bond acceptors (Lipinski definition) is 6. The molecule has 9 heteroatoms. The Kier molecular flexibility index (Phi) is 5.96. The quantitative estimate of drug-likeness (QED) is 0.705. The Bertz CT molecular complexity index is 1050. The van der Waals surface area contributed by atoms with Crippen molar-refractivity contribution in [3.05, 3.63) is 58.6 Å². The molecule has 1 fully saturated rings. The summed E-state index contributed by atoms with van der Waals surface area (Å²) in [6, 6.07) is 12.0. The predicted octanol–water partition coefficient (Wildman–Crippen LogP) is 4.89. The molecule has 0 bridgehead atoms. The molecule has 1 atom stereocenters. The highest BCUT2D eigenvalue weighted by Gasteiger charge is 2.34. The van der Waals surface area contributed by atoms with Crippen LogP contribution >= 0.6 is 11.6 Å². The van der Waals surface area contributed by atoms with Crippen LogP contribution in [0.5, 0.6) is 0 Å². The number of halogens is 1. The van der Waals surface area contributed by atoms with Crippen molar-refractivity contribution in [1.29, 1.82) is 0 Å². The van der Waals surface area contributed by atoms with Crippen LogP contribution in [0.15, 0.2) is 57.6 Å². The largest absolute Gasteiger partial charge is 0.282 e. The van der Waals surface area contributed by atoms with Gasteiger partial charge in [0, 0.05) is 23.7 Å². The van der Waals surface area contributed by atoms with Gasteiger partial charge in [0.05, 0.1) is 10.6 Å². The summed E-state index contributed by atoms with van der Waals surface area (Å²) in [6.07, 6.45) is 1.80. The first-order valence-electron chi connectivity index (χ1n) is 10.00. The van der Waals surface area contributed by atoms with Crippen LogP contribution < -0.4 is 5.48 Å². The highest BCUT2D eigenvalue weighted by atomic mass is 35.5. The fourth-order valence-corrected chi connectivity index (χ4v) is 5.36. The average molecular weight is 449 g/mol. The van der Waals surface area contributed by atoms with Crippen molar-refractivity contribution in [1.82, 2.24) is 9.79 Å². The summed E-state index contributed by atoms with van der Waals surface area (Å²) in [5.41, 5.74) is 5.17. The van der Waals surface area contributed by atoms with E-state index in [2.05, 4.69) is 15.7 Å². The van der Waals surface area contributed by atoms with E-state index in [9.17, 15) is 8.42 Å². The fourth-order valence-electron chi connectivity index (χ4n) is 3.70. The molecule has 2 aromatic rings. The van der Waals surface area contributed by atoms with Gasteiger partial charge >= 0.3 is 0 Å². The number of nitrogens with zero attached hydrogens (tertiary/aromatic N) is 3. The maximum Gasteiger partial charge on any atom is 0.245 e. The van der Waals surface area contributed by atoms with Crippen molar-refractivity contribution in [2.75, 3.05) is 6.54 Å². The first kappa shape index (κ1) is 21.4. The minimum absolute atomic E-state index is 0.167. The number of nitrogens with one attached hydrogen (secondary N) is 1. The van der Waals surface area contributed by atoms with Crippen LogP contribution in [0.1, 0.15) is 44.2 Å². The van der Waals surface area contributed by atoms with Gasteiger partial charge in [0.25, 0.3) is 0 Å². The van der Waals surface area contributed by atoms with Crippen LogP contribution in [-0.2, 0) is 26.9 Å². The molecule has 7 nitrogen and oxygen atoms in total. The molecular weight excluding hydrogens is 424 g/mol. The molecule has 160 valence electrons. The number of hydroxylamine groups is 1. The highest BCUT2D eigenvalue weighted by molar-refractivity contribution is 7.89. The van der Waals surface area contributed by atoms with Crippen molar-refractivity contribution >= 4 is 27.3 Å². The lowest BCUT2D eigenvalue weighted by Crippen LogP contribution is -2.43. The second kappa shape index (κ2) is 8.36. The maximum absolute atomic E-state index is 13.5. The number of fused-ring (bicyclic) bond motifs is 1. The van der Waals surface area contributed by atoms with Crippen LogP contribution in [0, 0.1) is 0 Å². The van der Waals surface area contributed by atoms with Crippen LogP contribution in [0.25, 0.3) is 0 Å². The molecular formula is C21H25ClN4O3S. The van der Waals surface area contributed by atoms with E-state index in [1.54, 1.807) is 12.1 Å². The number of sulfonamides is 1. The molecule has 2 aliphatic heterocycles. The molecule has 0 aromatic heterocycles. The molecule has 0 saturated carbocycles. The molecule has 0 radical (unpaired) electrons. The van der Waals surface area contributed by atoms with Crippen molar-refractivity contribution in [2.24, 2.45) is 10.2 Å². The minimum atomic E-state index is -3.81. The zero-order valence-corrected chi connectivity index (χ0v) is 18.6. The Morgan fingerprint density at radius 3 is 2.73 bits per heavy atom. The van der Waals surface area contributed by atoms with Crippen LogP contribution in [0.3, 0.4) is 0 Å². The molecule has 2 aromatic carbocycles. The molecule has 2 heterocycles. The highest BCUT2D eigenvalue weighted by Crippen LogP contribution is 2.40. The molecule has 0 spiro atoms. The molecule has 30 heavy (non-hydrogen) atoms. The van der Waals surface area contributed by atoms with E-state index in [4.69, 9.17) is 16.4 Å². The van der Waals surface area contributed by atoms with Gasteiger partial charge in [-0.05, 0) is 69.0 Å². The fraction of sp³-hybridized carbons (Fsp3) is 0.429. The zero-order chi connectivity index (χ0) is 21.4. The van der Waals surface area contributed by atoms with Gasteiger partial charge in [-0.1, -0.05) is 23.7 Å². The molecule has 0 aliphatic carbocycles. The first-order chi connectivity index (χ1) is 14.3. The van der Waals surface area contributed by atoms with Gasteiger partial charge in [-0.3, -0.25) is 4.84 Å². The summed E-state index contributed by atoms with van der Waals surface area (Å²) in [7, 11) is -3.81. The van der Waals surface area contributed by atoms with Gasteiger partial charge < -0.3 is 0 Å². The normalized spacial score (nSPS) is 20.9. The summed E-state index contributed by atoms with van der Waals surface area (Å²) in [4.78, 5) is 5.91. The minimum Gasteiger partial charge on any atom is -0.282 e. The standard InChI is InChI=1S/C21H25ClN4O3S/c1-21(2)18-11-6-15(13-19(18)24-25-21)14-26(20-5-3-4-12-23-29-20)30(27,28)17-9-7-16(22)8-10-17/h6-11,13,20,23H,3-5,12,14H2,1-2H3/t20-/m1/s1.